The molecule has 0 saturated carbocycles. The smallest absolute Gasteiger partial charge is 0.291 e. The lowest BCUT2D eigenvalue weighted by molar-refractivity contribution is 0.0929. The third-order valence-electron chi connectivity index (χ3n) is 3.76. The number of hydrogen-bond acceptors (Lipinski definition) is 3. The Morgan fingerprint density at radius 2 is 1.88 bits per heavy atom. The Balaban J connectivity index is 1.80. The Bertz CT molecular complexity index is 908. The highest BCUT2D eigenvalue weighted by atomic mass is 79.9. The van der Waals surface area contributed by atoms with Crippen LogP contribution >= 0.6 is 15.9 Å². The third kappa shape index (κ3) is 3.76. The topological polar surface area (TPSA) is 59.8 Å². The van der Waals surface area contributed by atoms with Crippen molar-refractivity contribution in [3.63, 3.8) is 0 Å². The van der Waals surface area contributed by atoms with Gasteiger partial charge in [0.15, 0.2) is 0 Å². The largest absolute Gasteiger partial charge is 0.343 e. The van der Waals surface area contributed by atoms with Gasteiger partial charge in [-0.15, -0.1) is 5.10 Å². The molecule has 3 rings (SSSR count). The van der Waals surface area contributed by atoms with Crippen LogP contribution in [0.15, 0.2) is 53.0 Å². The third-order valence-corrected chi connectivity index (χ3v) is 4.48. The van der Waals surface area contributed by atoms with E-state index < -0.39 is 0 Å². The van der Waals surface area contributed by atoms with Gasteiger partial charge in [-0.05, 0) is 49.7 Å². The Kier molecular flexibility index (Phi) is 4.94. The van der Waals surface area contributed by atoms with Crippen molar-refractivity contribution >= 4 is 21.8 Å². The lowest BCUT2D eigenvalue weighted by Crippen LogP contribution is -2.28. The van der Waals surface area contributed by atoms with Crippen molar-refractivity contribution in [3.8, 4) is 5.69 Å². The van der Waals surface area contributed by atoms with E-state index in [1.54, 1.807) is 19.1 Å². The monoisotopic (exact) mass is 402 g/mol. The van der Waals surface area contributed by atoms with Crippen LogP contribution in [0.3, 0.4) is 0 Å². The summed E-state index contributed by atoms with van der Waals surface area (Å²) in [5.74, 6) is -0.0833. The quantitative estimate of drug-likeness (QED) is 0.717. The van der Waals surface area contributed by atoms with Crippen LogP contribution in [-0.2, 0) is 0 Å². The first-order valence-electron chi connectivity index (χ1n) is 7.70. The highest BCUT2D eigenvalue weighted by molar-refractivity contribution is 9.10. The summed E-state index contributed by atoms with van der Waals surface area (Å²) in [7, 11) is 0. The normalized spacial score (nSPS) is 12.0. The first kappa shape index (κ1) is 17.3. The van der Waals surface area contributed by atoms with Crippen LogP contribution in [0.4, 0.5) is 4.39 Å². The van der Waals surface area contributed by atoms with E-state index in [2.05, 4.69) is 31.3 Å². The van der Waals surface area contributed by atoms with E-state index in [0.29, 0.717) is 11.5 Å². The predicted molar refractivity (Wildman–Crippen MR) is 96.1 cm³/mol. The molecule has 1 atom stereocenters. The average molecular weight is 403 g/mol. The Labute approximate surface area is 153 Å². The van der Waals surface area contributed by atoms with Gasteiger partial charge in [0.2, 0.25) is 5.82 Å². The second kappa shape index (κ2) is 7.14. The van der Waals surface area contributed by atoms with Crippen LogP contribution in [0.2, 0.25) is 0 Å². The van der Waals surface area contributed by atoms with Crippen LogP contribution in [0.1, 0.15) is 35.0 Å². The van der Waals surface area contributed by atoms with Gasteiger partial charge in [-0.2, -0.15) is 0 Å². The number of benzene rings is 2. The fraction of sp³-hybridized carbons (Fsp3) is 0.167. The molecule has 0 aliphatic heterocycles. The lowest BCUT2D eigenvalue weighted by Gasteiger charge is -2.14. The highest BCUT2D eigenvalue weighted by Crippen LogP contribution is 2.23. The van der Waals surface area contributed by atoms with Crippen LogP contribution in [0.25, 0.3) is 5.69 Å². The van der Waals surface area contributed by atoms with Gasteiger partial charge in [0, 0.05) is 4.47 Å². The van der Waals surface area contributed by atoms with Gasteiger partial charge in [-0.25, -0.2) is 14.1 Å². The molecule has 7 heteroatoms. The SMILES string of the molecule is Cc1nc(C(=O)N[C@H](C)c2ccccc2Br)nn1-c1ccc(F)cc1. The molecule has 0 radical (unpaired) electrons. The molecule has 0 spiro atoms. The second-order valence-electron chi connectivity index (χ2n) is 5.59. The number of nitrogens with zero attached hydrogens (tertiary/aromatic N) is 3. The molecule has 1 aromatic heterocycles. The van der Waals surface area contributed by atoms with Crippen LogP contribution in [0, 0.1) is 12.7 Å². The number of aryl methyl sites for hydroxylation is 1. The zero-order valence-corrected chi connectivity index (χ0v) is 15.3. The molecular weight excluding hydrogens is 387 g/mol. The van der Waals surface area contributed by atoms with E-state index in [4.69, 9.17) is 0 Å². The summed E-state index contributed by atoms with van der Waals surface area (Å²) >= 11 is 3.48. The van der Waals surface area contributed by atoms with Gasteiger partial charge in [0.1, 0.15) is 11.6 Å². The number of rotatable bonds is 4. The minimum absolute atomic E-state index is 0.0701. The number of halogens is 2. The minimum atomic E-state index is -0.368. The van der Waals surface area contributed by atoms with Crippen LogP contribution < -0.4 is 5.32 Å². The Hall–Kier alpha value is -2.54. The fourth-order valence-electron chi connectivity index (χ4n) is 2.48. The molecule has 0 fully saturated rings. The first-order chi connectivity index (χ1) is 12.0. The molecule has 2 aromatic carbocycles. The molecular formula is C18H16BrFN4O. The summed E-state index contributed by atoms with van der Waals surface area (Å²) in [4.78, 5) is 16.7. The molecule has 0 unspecified atom stereocenters. The van der Waals surface area contributed by atoms with Gasteiger partial charge in [-0.3, -0.25) is 4.79 Å². The molecule has 128 valence electrons. The molecule has 0 saturated heterocycles. The van der Waals surface area contributed by atoms with Crippen molar-refractivity contribution < 1.29 is 9.18 Å². The maximum atomic E-state index is 13.1. The number of hydrogen-bond donors (Lipinski definition) is 1. The van der Waals surface area contributed by atoms with Gasteiger partial charge in [0.25, 0.3) is 5.91 Å². The van der Waals surface area contributed by atoms with E-state index in [9.17, 15) is 9.18 Å². The Morgan fingerprint density at radius 3 is 2.56 bits per heavy atom. The van der Waals surface area contributed by atoms with E-state index in [1.165, 1.54) is 16.8 Å². The molecule has 1 amide bonds. The second-order valence-corrected chi connectivity index (χ2v) is 6.44. The van der Waals surface area contributed by atoms with Gasteiger partial charge < -0.3 is 5.32 Å². The molecule has 25 heavy (non-hydrogen) atoms. The summed E-state index contributed by atoms with van der Waals surface area (Å²) in [6.07, 6.45) is 0. The number of amides is 1. The summed E-state index contributed by atoms with van der Waals surface area (Å²) in [6.45, 7) is 3.63. The van der Waals surface area contributed by atoms with Crippen LogP contribution in [0.5, 0.6) is 0 Å². The molecule has 1 N–H and O–H groups in total. The van der Waals surface area contributed by atoms with Gasteiger partial charge in [0.05, 0.1) is 11.7 Å². The molecule has 0 aliphatic rings. The molecule has 0 aliphatic carbocycles. The lowest BCUT2D eigenvalue weighted by atomic mass is 10.1. The number of carbonyl (C=O) groups excluding carboxylic acids is 1. The predicted octanol–water partition coefficient (Wildman–Crippen LogP) is 3.97. The van der Waals surface area contributed by atoms with Crippen molar-refractivity contribution in [1.82, 2.24) is 20.1 Å². The van der Waals surface area contributed by atoms with E-state index in [-0.39, 0.29) is 23.6 Å². The summed E-state index contributed by atoms with van der Waals surface area (Å²) in [5, 5.41) is 7.13. The van der Waals surface area contributed by atoms with Crippen LogP contribution in [-0.4, -0.2) is 20.7 Å². The van der Waals surface area contributed by atoms with Gasteiger partial charge in [-0.1, -0.05) is 34.1 Å². The van der Waals surface area contributed by atoms with E-state index >= 15 is 0 Å². The standard InChI is InChI=1S/C18H16BrFN4O/c1-11(15-5-3-4-6-16(15)19)21-18(25)17-22-12(2)24(23-17)14-9-7-13(20)8-10-14/h3-11H,1-2H3,(H,21,25)/t11-/m1/s1. The molecule has 0 bridgehead atoms. The molecule has 1 heterocycles. The van der Waals surface area contributed by atoms with Gasteiger partial charge >= 0.3 is 0 Å². The van der Waals surface area contributed by atoms with Crippen molar-refractivity contribution in [2.45, 2.75) is 19.9 Å². The fourth-order valence-corrected chi connectivity index (χ4v) is 3.11. The van der Waals surface area contributed by atoms with E-state index in [1.807, 2.05) is 31.2 Å². The summed E-state index contributed by atoms with van der Waals surface area (Å²) < 4.78 is 15.5. The number of nitrogens with one attached hydrogen (secondary N) is 1. The summed E-state index contributed by atoms with van der Waals surface area (Å²) in [5.41, 5.74) is 1.61. The summed E-state index contributed by atoms with van der Waals surface area (Å²) in [6, 6.07) is 13.3. The number of aromatic nitrogens is 3. The first-order valence-corrected chi connectivity index (χ1v) is 8.50. The number of carbonyl (C=O) groups is 1. The Morgan fingerprint density at radius 1 is 1.20 bits per heavy atom. The molecule has 5 nitrogen and oxygen atoms in total. The minimum Gasteiger partial charge on any atom is -0.343 e. The highest BCUT2D eigenvalue weighted by Gasteiger charge is 2.18. The van der Waals surface area contributed by atoms with E-state index in [0.717, 1.165) is 10.0 Å². The molecule has 3 aromatic rings. The zero-order chi connectivity index (χ0) is 18.0. The van der Waals surface area contributed by atoms with Crippen molar-refractivity contribution in [3.05, 3.63) is 76.0 Å². The maximum absolute atomic E-state index is 13.1. The van der Waals surface area contributed by atoms with Crippen molar-refractivity contribution in [2.24, 2.45) is 0 Å². The van der Waals surface area contributed by atoms with Crippen molar-refractivity contribution in [2.75, 3.05) is 0 Å². The maximum Gasteiger partial charge on any atom is 0.291 e. The average Bonchev–Trinajstić information content (AvgIpc) is 2.98. The van der Waals surface area contributed by atoms with Crippen molar-refractivity contribution in [1.29, 1.82) is 0 Å². The zero-order valence-electron chi connectivity index (χ0n) is 13.7.